The van der Waals surface area contributed by atoms with E-state index < -0.39 is 0 Å². The van der Waals surface area contributed by atoms with Gasteiger partial charge < -0.3 is 5.32 Å². The zero-order valence-electron chi connectivity index (χ0n) is 7.35. The van der Waals surface area contributed by atoms with Gasteiger partial charge in [-0.15, -0.1) is 22.9 Å². The fourth-order valence-electron chi connectivity index (χ4n) is 1.01. The molecule has 0 bridgehead atoms. The molecule has 1 aromatic heterocycles. The Morgan fingerprint density at radius 2 is 2.23 bits per heavy atom. The highest BCUT2D eigenvalue weighted by atomic mass is 79.9. The Kier molecular flexibility index (Phi) is 6.04. The van der Waals surface area contributed by atoms with Gasteiger partial charge in [-0.25, -0.2) is 0 Å². The van der Waals surface area contributed by atoms with Crippen molar-refractivity contribution < 1.29 is 0 Å². The highest BCUT2D eigenvalue weighted by Crippen LogP contribution is 2.21. The van der Waals surface area contributed by atoms with Crippen LogP contribution in [-0.2, 0) is 6.42 Å². The van der Waals surface area contributed by atoms with E-state index in [1.807, 2.05) is 0 Å². The first kappa shape index (κ1) is 11.5. The molecule has 13 heavy (non-hydrogen) atoms. The maximum Gasteiger partial charge on any atom is 0.0701 e. The van der Waals surface area contributed by atoms with E-state index in [4.69, 9.17) is 11.6 Å². The fraction of sp³-hybridized carbons (Fsp3) is 0.556. The summed E-state index contributed by atoms with van der Waals surface area (Å²) in [5.41, 5.74) is 0. The van der Waals surface area contributed by atoms with Gasteiger partial charge in [0.2, 0.25) is 0 Å². The molecule has 4 heteroatoms. The minimum atomic E-state index is 0.748. The molecular formula is C9H13BrClNS. The lowest BCUT2D eigenvalue weighted by Crippen LogP contribution is -2.18. The number of hydrogen-bond acceptors (Lipinski definition) is 2. The van der Waals surface area contributed by atoms with Crippen LogP contribution >= 0.6 is 38.9 Å². The third kappa shape index (κ3) is 5.01. The molecule has 0 aliphatic rings. The van der Waals surface area contributed by atoms with Crippen LogP contribution < -0.4 is 5.32 Å². The van der Waals surface area contributed by atoms with Gasteiger partial charge in [0.1, 0.15) is 0 Å². The predicted molar refractivity (Wildman–Crippen MR) is 63.9 cm³/mol. The SMILES string of the molecule is ClCCCNCCc1ccc(Br)s1. The molecule has 0 aromatic carbocycles. The standard InChI is InChI=1S/C9H13BrClNS/c10-9-3-2-8(13-9)4-7-12-6-1-5-11/h2-3,12H,1,4-7H2. The maximum atomic E-state index is 5.56. The normalized spacial score (nSPS) is 10.6. The minimum absolute atomic E-state index is 0.748. The van der Waals surface area contributed by atoms with E-state index in [1.165, 1.54) is 8.66 Å². The second kappa shape index (κ2) is 6.82. The molecule has 0 aliphatic heterocycles. The molecule has 0 aliphatic carbocycles. The van der Waals surface area contributed by atoms with Crippen molar-refractivity contribution in [3.05, 3.63) is 20.8 Å². The Morgan fingerprint density at radius 3 is 2.85 bits per heavy atom. The summed E-state index contributed by atoms with van der Waals surface area (Å²) >= 11 is 10.8. The number of alkyl halides is 1. The molecule has 0 atom stereocenters. The summed E-state index contributed by atoms with van der Waals surface area (Å²) in [6.07, 6.45) is 2.16. The van der Waals surface area contributed by atoms with Crippen LogP contribution in [0.15, 0.2) is 15.9 Å². The summed E-state index contributed by atoms with van der Waals surface area (Å²) in [6.45, 7) is 2.07. The summed E-state index contributed by atoms with van der Waals surface area (Å²) in [5, 5.41) is 3.35. The van der Waals surface area contributed by atoms with E-state index in [-0.39, 0.29) is 0 Å². The van der Waals surface area contributed by atoms with Crippen molar-refractivity contribution in [2.45, 2.75) is 12.8 Å². The Hall–Kier alpha value is 0.430. The molecule has 0 radical (unpaired) electrons. The predicted octanol–water partition coefficient (Wildman–Crippen LogP) is 3.27. The van der Waals surface area contributed by atoms with Gasteiger partial charge in [0.25, 0.3) is 0 Å². The molecular weight excluding hydrogens is 270 g/mol. The first-order valence-corrected chi connectivity index (χ1v) is 6.48. The van der Waals surface area contributed by atoms with Crippen LogP contribution in [-0.4, -0.2) is 19.0 Å². The first-order valence-electron chi connectivity index (χ1n) is 4.34. The molecule has 0 amide bonds. The van der Waals surface area contributed by atoms with E-state index in [0.29, 0.717) is 0 Å². The largest absolute Gasteiger partial charge is 0.316 e. The Bertz CT molecular complexity index is 239. The van der Waals surface area contributed by atoms with Gasteiger partial charge in [-0.1, -0.05) is 0 Å². The first-order chi connectivity index (χ1) is 6.33. The van der Waals surface area contributed by atoms with Crippen LogP contribution in [0.3, 0.4) is 0 Å². The van der Waals surface area contributed by atoms with Gasteiger partial charge in [-0.05, 0) is 54.0 Å². The number of nitrogens with one attached hydrogen (secondary N) is 1. The number of rotatable bonds is 6. The molecule has 1 rings (SSSR count). The second-order valence-corrected chi connectivity index (χ2v) is 5.67. The molecule has 74 valence electrons. The summed E-state index contributed by atoms with van der Waals surface area (Å²) in [5.74, 6) is 0.748. The molecule has 0 fully saturated rings. The highest BCUT2D eigenvalue weighted by molar-refractivity contribution is 9.11. The molecule has 1 nitrogen and oxygen atoms in total. The topological polar surface area (TPSA) is 12.0 Å². The van der Waals surface area contributed by atoms with Gasteiger partial charge in [-0.2, -0.15) is 0 Å². The second-order valence-electron chi connectivity index (χ2n) is 2.75. The lowest BCUT2D eigenvalue weighted by molar-refractivity contribution is 0.676. The smallest absolute Gasteiger partial charge is 0.0701 e. The summed E-state index contributed by atoms with van der Waals surface area (Å²) in [7, 11) is 0. The monoisotopic (exact) mass is 281 g/mol. The molecule has 0 saturated heterocycles. The molecule has 1 aromatic rings. The van der Waals surface area contributed by atoms with Gasteiger partial charge in [0, 0.05) is 10.8 Å². The van der Waals surface area contributed by atoms with E-state index in [2.05, 4.69) is 33.4 Å². The average Bonchev–Trinajstić information content (AvgIpc) is 2.51. The summed E-state index contributed by atoms with van der Waals surface area (Å²) in [6, 6.07) is 4.26. The molecule has 0 spiro atoms. The van der Waals surface area contributed by atoms with Gasteiger partial charge >= 0.3 is 0 Å². The Morgan fingerprint density at radius 1 is 1.38 bits per heavy atom. The maximum absolute atomic E-state index is 5.56. The molecule has 0 unspecified atom stereocenters. The van der Waals surface area contributed by atoms with Gasteiger partial charge in [0.15, 0.2) is 0 Å². The summed E-state index contributed by atoms with van der Waals surface area (Å²) < 4.78 is 1.21. The van der Waals surface area contributed by atoms with E-state index in [1.54, 1.807) is 11.3 Å². The van der Waals surface area contributed by atoms with Gasteiger partial charge in [0.05, 0.1) is 3.79 Å². The van der Waals surface area contributed by atoms with Crippen molar-refractivity contribution in [1.29, 1.82) is 0 Å². The number of thiophene rings is 1. The van der Waals surface area contributed by atoms with Crippen molar-refractivity contribution in [1.82, 2.24) is 5.32 Å². The Balaban J connectivity index is 2.06. The van der Waals surface area contributed by atoms with Crippen LogP contribution in [0.2, 0.25) is 0 Å². The molecule has 0 saturated carbocycles. The number of halogens is 2. The quantitative estimate of drug-likeness (QED) is 0.624. The van der Waals surface area contributed by atoms with Crippen LogP contribution in [0.25, 0.3) is 0 Å². The fourth-order valence-corrected chi connectivity index (χ4v) is 2.63. The van der Waals surface area contributed by atoms with Crippen molar-refractivity contribution >= 4 is 38.9 Å². The van der Waals surface area contributed by atoms with Crippen molar-refractivity contribution in [2.75, 3.05) is 19.0 Å². The van der Waals surface area contributed by atoms with E-state index in [9.17, 15) is 0 Å². The Labute approximate surface area is 96.6 Å². The minimum Gasteiger partial charge on any atom is -0.316 e. The number of hydrogen-bond donors (Lipinski definition) is 1. The van der Waals surface area contributed by atoms with Crippen LogP contribution in [0.1, 0.15) is 11.3 Å². The third-order valence-corrected chi connectivity index (χ3v) is 3.61. The lowest BCUT2D eigenvalue weighted by Gasteiger charge is -2.00. The summed E-state index contributed by atoms with van der Waals surface area (Å²) in [4.78, 5) is 1.42. The van der Waals surface area contributed by atoms with Gasteiger partial charge in [-0.3, -0.25) is 0 Å². The van der Waals surface area contributed by atoms with Crippen LogP contribution in [0, 0.1) is 0 Å². The average molecular weight is 283 g/mol. The molecule has 1 heterocycles. The lowest BCUT2D eigenvalue weighted by atomic mass is 10.3. The zero-order valence-corrected chi connectivity index (χ0v) is 10.5. The van der Waals surface area contributed by atoms with Crippen molar-refractivity contribution in [3.8, 4) is 0 Å². The van der Waals surface area contributed by atoms with Crippen molar-refractivity contribution in [2.24, 2.45) is 0 Å². The van der Waals surface area contributed by atoms with Crippen LogP contribution in [0.5, 0.6) is 0 Å². The molecule has 1 N–H and O–H groups in total. The third-order valence-electron chi connectivity index (χ3n) is 1.66. The van der Waals surface area contributed by atoms with E-state index >= 15 is 0 Å². The van der Waals surface area contributed by atoms with Crippen molar-refractivity contribution in [3.63, 3.8) is 0 Å². The van der Waals surface area contributed by atoms with Crippen LogP contribution in [0.4, 0.5) is 0 Å². The highest BCUT2D eigenvalue weighted by Gasteiger charge is 1.96. The van der Waals surface area contributed by atoms with E-state index in [0.717, 1.165) is 31.8 Å². The zero-order chi connectivity index (χ0) is 9.52.